The number of aromatic nitrogens is 2. The molecule has 1 aromatic carbocycles. The standard InChI is InChI=1S/C13H7BrClN3O2/c14-7-1-3-9-10(5-7)13(20)18(12(9)19)6-8-2-4-11(15)17-16-8/h1-5H,6H2. The summed E-state index contributed by atoms with van der Waals surface area (Å²) in [5.74, 6) is -0.655. The first kappa shape index (κ1) is 13.2. The molecule has 0 fully saturated rings. The molecule has 3 rings (SSSR count). The highest BCUT2D eigenvalue weighted by atomic mass is 79.9. The zero-order chi connectivity index (χ0) is 14.3. The van der Waals surface area contributed by atoms with Crippen LogP contribution in [0.1, 0.15) is 26.4 Å². The van der Waals surface area contributed by atoms with Crippen LogP contribution >= 0.6 is 27.5 Å². The van der Waals surface area contributed by atoms with Crippen LogP contribution in [-0.2, 0) is 6.54 Å². The fraction of sp³-hybridized carbons (Fsp3) is 0.0769. The summed E-state index contributed by atoms with van der Waals surface area (Å²) in [6.45, 7) is 0.0775. The fourth-order valence-electron chi connectivity index (χ4n) is 2.00. The van der Waals surface area contributed by atoms with Gasteiger partial charge < -0.3 is 0 Å². The van der Waals surface area contributed by atoms with E-state index in [0.717, 1.165) is 9.37 Å². The Balaban J connectivity index is 1.91. The summed E-state index contributed by atoms with van der Waals surface area (Å²) in [7, 11) is 0. The number of halogens is 2. The van der Waals surface area contributed by atoms with Gasteiger partial charge in [0.15, 0.2) is 5.15 Å². The van der Waals surface area contributed by atoms with E-state index in [-0.39, 0.29) is 23.5 Å². The Morgan fingerprint density at radius 2 is 1.80 bits per heavy atom. The zero-order valence-corrected chi connectivity index (χ0v) is 12.3. The van der Waals surface area contributed by atoms with Crippen molar-refractivity contribution in [3.05, 3.63) is 56.8 Å². The molecule has 1 aliphatic rings. The smallest absolute Gasteiger partial charge is 0.261 e. The molecule has 0 radical (unpaired) electrons. The number of nitrogens with zero attached hydrogens (tertiary/aromatic N) is 3. The van der Waals surface area contributed by atoms with Gasteiger partial charge in [0, 0.05) is 4.47 Å². The van der Waals surface area contributed by atoms with Crippen molar-refractivity contribution in [1.29, 1.82) is 0 Å². The second-order valence-corrected chi connectivity index (χ2v) is 5.54. The first-order chi connectivity index (χ1) is 9.56. The molecule has 7 heteroatoms. The second kappa shape index (κ2) is 4.96. The molecule has 1 aliphatic heterocycles. The number of hydrogen-bond acceptors (Lipinski definition) is 4. The van der Waals surface area contributed by atoms with Gasteiger partial charge in [-0.1, -0.05) is 27.5 Å². The SMILES string of the molecule is O=C1c2ccc(Br)cc2C(=O)N1Cc1ccc(Cl)nn1. The van der Waals surface area contributed by atoms with Crippen molar-refractivity contribution < 1.29 is 9.59 Å². The van der Waals surface area contributed by atoms with E-state index in [4.69, 9.17) is 11.6 Å². The van der Waals surface area contributed by atoms with Crippen molar-refractivity contribution >= 4 is 39.3 Å². The molecular formula is C13H7BrClN3O2. The molecule has 0 bridgehead atoms. The van der Waals surface area contributed by atoms with Crippen LogP contribution < -0.4 is 0 Å². The average Bonchev–Trinajstić information content (AvgIpc) is 2.66. The maximum Gasteiger partial charge on any atom is 0.261 e. The zero-order valence-electron chi connectivity index (χ0n) is 10.0. The van der Waals surface area contributed by atoms with Crippen molar-refractivity contribution in [3.8, 4) is 0 Å². The monoisotopic (exact) mass is 351 g/mol. The molecule has 20 heavy (non-hydrogen) atoms. The van der Waals surface area contributed by atoms with Crippen LogP contribution in [0.25, 0.3) is 0 Å². The molecule has 0 aliphatic carbocycles. The van der Waals surface area contributed by atoms with E-state index in [0.29, 0.717) is 16.8 Å². The molecule has 100 valence electrons. The molecule has 1 aromatic heterocycles. The highest BCUT2D eigenvalue weighted by Gasteiger charge is 2.35. The van der Waals surface area contributed by atoms with E-state index in [9.17, 15) is 9.59 Å². The number of benzene rings is 1. The minimum absolute atomic E-state index is 0.0775. The molecule has 0 saturated heterocycles. The van der Waals surface area contributed by atoms with Gasteiger partial charge in [-0.25, -0.2) is 0 Å². The van der Waals surface area contributed by atoms with Crippen molar-refractivity contribution in [2.45, 2.75) is 6.54 Å². The number of hydrogen-bond donors (Lipinski definition) is 0. The summed E-state index contributed by atoms with van der Waals surface area (Å²) in [5, 5.41) is 7.81. The molecule has 0 saturated carbocycles. The van der Waals surface area contributed by atoms with Crippen LogP contribution in [0.5, 0.6) is 0 Å². The van der Waals surface area contributed by atoms with Crippen LogP contribution in [0.3, 0.4) is 0 Å². The van der Waals surface area contributed by atoms with E-state index in [1.165, 1.54) is 0 Å². The van der Waals surface area contributed by atoms with Crippen LogP contribution in [0.4, 0.5) is 0 Å². The second-order valence-electron chi connectivity index (χ2n) is 4.23. The van der Waals surface area contributed by atoms with Gasteiger partial charge in [-0.2, -0.15) is 5.10 Å². The average molecular weight is 353 g/mol. The van der Waals surface area contributed by atoms with Crippen LogP contribution in [0.15, 0.2) is 34.8 Å². The highest BCUT2D eigenvalue weighted by molar-refractivity contribution is 9.10. The number of carbonyl (C=O) groups is 2. The third kappa shape index (κ3) is 2.21. The van der Waals surface area contributed by atoms with Crippen molar-refractivity contribution in [1.82, 2.24) is 15.1 Å². The van der Waals surface area contributed by atoms with Crippen LogP contribution in [0.2, 0.25) is 5.15 Å². The normalized spacial score (nSPS) is 13.8. The maximum absolute atomic E-state index is 12.2. The van der Waals surface area contributed by atoms with Crippen molar-refractivity contribution in [2.24, 2.45) is 0 Å². The third-order valence-electron chi connectivity index (χ3n) is 2.94. The summed E-state index contributed by atoms with van der Waals surface area (Å²) >= 11 is 8.94. The van der Waals surface area contributed by atoms with Gasteiger partial charge in [-0.15, -0.1) is 5.10 Å². The van der Waals surface area contributed by atoms with E-state index in [2.05, 4.69) is 26.1 Å². The van der Waals surface area contributed by atoms with Gasteiger partial charge in [0.05, 0.1) is 23.4 Å². The van der Waals surface area contributed by atoms with Gasteiger partial charge in [-0.05, 0) is 30.3 Å². The predicted molar refractivity (Wildman–Crippen MR) is 75.4 cm³/mol. The highest BCUT2D eigenvalue weighted by Crippen LogP contribution is 2.26. The minimum Gasteiger partial charge on any atom is -0.269 e. The van der Waals surface area contributed by atoms with Gasteiger partial charge in [0.25, 0.3) is 11.8 Å². The summed E-state index contributed by atoms with van der Waals surface area (Å²) in [4.78, 5) is 25.6. The summed E-state index contributed by atoms with van der Waals surface area (Å²) in [6.07, 6.45) is 0. The molecule has 2 aromatic rings. The maximum atomic E-state index is 12.2. The Bertz CT molecular complexity index is 718. The molecule has 0 N–H and O–H groups in total. The predicted octanol–water partition coefficient (Wildman–Crippen LogP) is 2.69. The van der Waals surface area contributed by atoms with E-state index in [1.54, 1.807) is 30.3 Å². The molecule has 5 nitrogen and oxygen atoms in total. The van der Waals surface area contributed by atoms with E-state index >= 15 is 0 Å². The Morgan fingerprint density at radius 1 is 1.05 bits per heavy atom. The van der Waals surface area contributed by atoms with Crippen LogP contribution in [-0.4, -0.2) is 26.9 Å². The lowest BCUT2D eigenvalue weighted by Gasteiger charge is -2.12. The van der Waals surface area contributed by atoms with E-state index < -0.39 is 0 Å². The van der Waals surface area contributed by atoms with Gasteiger partial charge >= 0.3 is 0 Å². The third-order valence-corrected chi connectivity index (χ3v) is 3.63. The lowest BCUT2D eigenvalue weighted by Crippen LogP contribution is -2.29. The molecular weight excluding hydrogens is 346 g/mol. The topological polar surface area (TPSA) is 63.2 Å². The van der Waals surface area contributed by atoms with Gasteiger partial charge in [0.2, 0.25) is 0 Å². The van der Waals surface area contributed by atoms with Gasteiger partial charge in [-0.3, -0.25) is 14.5 Å². The molecule has 0 atom stereocenters. The number of amides is 2. The number of rotatable bonds is 2. The first-order valence-electron chi connectivity index (χ1n) is 5.70. The number of imide groups is 1. The van der Waals surface area contributed by atoms with Crippen molar-refractivity contribution in [3.63, 3.8) is 0 Å². The Labute approximate surface area is 127 Å². The number of fused-ring (bicyclic) bond motifs is 1. The summed E-state index contributed by atoms with van der Waals surface area (Å²) < 4.78 is 0.755. The quantitative estimate of drug-likeness (QED) is 0.780. The first-order valence-corrected chi connectivity index (χ1v) is 6.87. The summed E-state index contributed by atoms with van der Waals surface area (Å²) in [6, 6.07) is 8.21. The molecule has 2 amide bonds. The molecule has 0 unspecified atom stereocenters. The Morgan fingerprint density at radius 3 is 2.50 bits per heavy atom. The Kier molecular flexibility index (Phi) is 3.27. The van der Waals surface area contributed by atoms with Crippen LogP contribution in [0, 0.1) is 0 Å². The minimum atomic E-state index is -0.331. The van der Waals surface area contributed by atoms with Crippen molar-refractivity contribution in [2.75, 3.05) is 0 Å². The van der Waals surface area contributed by atoms with Gasteiger partial charge in [0.1, 0.15) is 0 Å². The summed E-state index contributed by atoms with van der Waals surface area (Å²) in [5.41, 5.74) is 1.30. The Hall–Kier alpha value is -1.79. The largest absolute Gasteiger partial charge is 0.269 e. The lowest BCUT2D eigenvalue weighted by molar-refractivity contribution is 0.0640. The number of carbonyl (C=O) groups excluding carboxylic acids is 2. The lowest BCUT2D eigenvalue weighted by atomic mass is 10.1. The molecule has 2 heterocycles. The molecule has 0 spiro atoms. The fourth-order valence-corrected chi connectivity index (χ4v) is 2.46. The van der Waals surface area contributed by atoms with E-state index in [1.807, 2.05) is 0 Å².